The highest BCUT2D eigenvalue weighted by Crippen LogP contribution is 2.35. The maximum absolute atomic E-state index is 5.99. The summed E-state index contributed by atoms with van der Waals surface area (Å²) in [5, 5.41) is 4.67. The van der Waals surface area contributed by atoms with Crippen LogP contribution in [-0.2, 0) is 0 Å². The first-order valence-corrected chi connectivity index (χ1v) is 6.76. The molecule has 5 heteroatoms. The molecule has 1 aromatic rings. The summed E-state index contributed by atoms with van der Waals surface area (Å²) in [6.45, 7) is 4.69. The third-order valence-corrected chi connectivity index (χ3v) is 2.99. The zero-order valence-corrected chi connectivity index (χ0v) is 12.0. The molecule has 1 rings (SSSR count). The van der Waals surface area contributed by atoms with Crippen molar-refractivity contribution in [3.05, 3.63) is 27.2 Å². The fourth-order valence-corrected chi connectivity index (χ4v) is 2.30. The highest BCUT2D eigenvalue weighted by Gasteiger charge is 2.08. The first-order valence-electron chi connectivity index (χ1n) is 5.63. The Kier molecular flexibility index (Phi) is 7.05. The summed E-state index contributed by atoms with van der Waals surface area (Å²) < 4.78 is 5.55. The van der Waals surface area contributed by atoms with Gasteiger partial charge in [-0.25, -0.2) is 0 Å². The van der Waals surface area contributed by atoms with Crippen LogP contribution in [0.3, 0.4) is 0 Å². The molecule has 0 aliphatic carbocycles. The van der Waals surface area contributed by atoms with Gasteiger partial charge in [-0.15, -0.1) is 0 Å². The molecule has 96 valence electrons. The normalized spacial score (nSPS) is 10.6. The zero-order valence-electron chi connectivity index (χ0n) is 9.73. The van der Waals surface area contributed by atoms with Crippen molar-refractivity contribution in [2.45, 2.75) is 19.8 Å². The standard InChI is InChI=1S/C12H16Cl3NO/c1-2-16-5-3-4-6-17-12-10(14)7-9(13)8-11(12)15/h7-8,16H,2-6H2,1H3. The van der Waals surface area contributed by atoms with Crippen molar-refractivity contribution < 1.29 is 4.74 Å². The van der Waals surface area contributed by atoms with Crippen molar-refractivity contribution in [2.75, 3.05) is 19.7 Å². The zero-order chi connectivity index (χ0) is 12.7. The molecule has 0 fully saturated rings. The van der Waals surface area contributed by atoms with Gasteiger partial charge in [-0.3, -0.25) is 0 Å². The monoisotopic (exact) mass is 295 g/mol. The van der Waals surface area contributed by atoms with E-state index < -0.39 is 0 Å². The number of hydrogen-bond donors (Lipinski definition) is 1. The average molecular weight is 297 g/mol. The van der Waals surface area contributed by atoms with Gasteiger partial charge in [0.25, 0.3) is 0 Å². The third-order valence-electron chi connectivity index (χ3n) is 2.21. The topological polar surface area (TPSA) is 21.3 Å². The van der Waals surface area contributed by atoms with E-state index in [4.69, 9.17) is 39.5 Å². The highest BCUT2D eigenvalue weighted by atomic mass is 35.5. The Hall–Kier alpha value is -0.150. The molecule has 0 aliphatic heterocycles. The van der Waals surface area contributed by atoms with Gasteiger partial charge in [0.2, 0.25) is 0 Å². The van der Waals surface area contributed by atoms with Gasteiger partial charge in [0.15, 0.2) is 5.75 Å². The van der Waals surface area contributed by atoms with Crippen molar-refractivity contribution >= 4 is 34.8 Å². The average Bonchev–Trinajstić information content (AvgIpc) is 2.26. The lowest BCUT2D eigenvalue weighted by Crippen LogP contribution is -2.14. The predicted octanol–water partition coefficient (Wildman–Crippen LogP) is 4.42. The van der Waals surface area contributed by atoms with Gasteiger partial charge in [-0.1, -0.05) is 41.7 Å². The summed E-state index contributed by atoms with van der Waals surface area (Å²) in [7, 11) is 0. The Bertz CT molecular complexity index is 335. The molecule has 0 radical (unpaired) electrons. The molecule has 0 atom stereocenters. The van der Waals surface area contributed by atoms with Gasteiger partial charge < -0.3 is 10.1 Å². The number of benzene rings is 1. The minimum atomic E-state index is 0.453. The molecule has 0 heterocycles. The molecule has 0 spiro atoms. The minimum absolute atomic E-state index is 0.453. The molecular weight excluding hydrogens is 280 g/mol. The van der Waals surface area contributed by atoms with Gasteiger partial charge >= 0.3 is 0 Å². The summed E-state index contributed by atoms with van der Waals surface area (Å²) in [4.78, 5) is 0. The van der Waals surface area contributed by atoms with Crippen LogP contribution < -0.4 is 10.1 Å². The maximum atomic E-state index is 5.99. The van der Waals surface area contributed by atoms with Crippen LogP contribution in [0.2, 0.25) is 15.1 Å². The second kappa shape index (κ2) is 8.04. The second-order valence-corrected chi connectivity index (χ2v) is 4.86. The predicted molar refractivity (Wildman–Crippen MR) is 74.7 cm³/mol. The van der Waals surface area contributed by atoms with Crippen molar-refractivity contribution in [1.29, 1.82) is 0 Å². The van der Waals surface area contributed by atoms with Crippen LogP contribution in [0.15, 0.2) is 12.1 Å². The van der Waals surface area contributed by atoms with E-state index in [2.05, 4.69) is 12.2 Å². The number of nitrogens with one attached hydrogen (secondary N) is 1. The van der Waals surface area contributed by atoms with Gasteiger partial charge in [-0.05, 0) is 38.1 Å². The molecule has 0 bridgehead atoms. The molecule has 1 aromatic carbocycles. The van der Waals surface area contributed by atoms with Crippen LogP contribution in [0.1, 0.15) is 19.8 Å². The van der Waals surface area contributed by atoms with Crippen molar-refractivity contribution in [1.82, 2.24) is 5.32 Å². The number of rotatable bonds is 7. The van der Waals surface area contributed by atoms with E-state index in [1.165, 1.54) is 0 Å². The molecule has 2 nitrogen and oxygen atoms in total. The van der Waals surface area contributed by atoms with Gasteiger partial charge in [0.05, 0.1) is 16.7 Å². The van der Waals surface area contributed by atoms with Gasteiger partial charge in [0.1, 0.15) is 0 Å². The van der Waals surface area contributed by atoms with E-state index in [9.17, 15) is 0 Å². The Labute approximate surface area is 117 Å². The molecule has 0 aromatic heterocycles. The molecular formula is C12H16Cl3NO. The van der Waals surface area contributed by atoms with Gasteiger partial charge in [0, 0.05) is 5.02 Å². The van der Waals surface area contributed by atoms with Crippen molar-refractivity contribution in [2.24, 2.45) is 0 Å². The summed E-state index contributed by atoms with van der Waals surface area (Å²) >= 11 is 17.8. The lowest BCUT2D eigenvalue weighted by Gasteiger charge is -2.10. The number of hydrogen-bond acceptors (Lipinski definition) is 2. The summed E-state index contributed by atoms with van der Waals surface area (Å²) in [6, 6.07) is 3.26. The minimum Gasteiger partial charge on any atom is -0.490 e. The van der Waals surface area contributed by atoms with E-state index in [1.807, 2.05) is 0 Å². The molecule has 17 heavy (non-hydrogen) atoms. The Morgan fingerprint density at radius 2 is 1.76 bits per heavy atom. The largest absolute Gasteiger partial charge is 0.490 e. The fourth-order valence-electron chi connectivity index (χ4n) is 1.37. The molecule has 1 N–H and O–H groups in total. The fraction of sp³-hybridized carbons (Fsp3) is 0.500. The maximum Gasteiger partial charge on any atom is 0.156 e. The molecule has 0 aliphatic rings. The first kappa shape index (κ1) is 14.9. The Balaban J connectivity index is 2.36. The summed E-state index contributed by atoms with van der Waals surface area (Å²) in [6.07, 6.45) is 2.03. The smallest absolute Gasteiger partial charge is 0.156 e. The van der Waals surface area contributed by atoms with E-state index in [0.29, 0.717) is 27.4 Å². The summed E-state index contributed by atoms with van der Waals surface area (Å²) in [5.74, 6) is 0.515. The quantitative estimate of drug-likeness (QED) is 0.752. The lowest BCUT2D eigenvalue weighted by molar-refractivity contribution is 0.306. The van der Waals surface area contributed by atoms with Gasteiger partial charge in [-0.2, -0.15) is 0 Å². The van der Waals surface area contributed by atoms with E-state index in [-0.39, 0.29) is 0 Å². The first-order chi connectivity index (χ1) is 8.15. The highest BCUT2D eigenvalue weighted by molar-refractivity contribution is 6.40. The number of ether oxygens (including phenoxy) is 1. The van der Waals surface area contributed by atoms with Crippen LogP contribution in [0, 0.1) is 0 Å². The Morgan fingerprint density at radius 1 is 1.12 bits per heavy atom. The SMILES string of the molecule is CCNCCCCOc1c(Cl)cc(Cl)cc1Cl. The van der Waals surface area contributed by atoms with Crippen LogP contribution >= 0.6 is 34.8 Å². The van der Waals surface area contributed by atoms with E-state index in [0.717, 1.165) is 25.9 Å². The molecule has 0 unspecified atom stereocenters. The number of unbranched alkanes of at least 4 members (excludes halogenated alkanes) is 1. The second-order valence-electron chi connectivity index (χ2n) is 3.61. The van der Waals surface area contributed by atoms with Crippen molar-refractivity contribution in [3.8, 4) is 5.75 Å². The van der Waals surface area contributed by atoms with Crippen LogP contribution in [0.25, 0.3) is 0 Å². The molecule has 0 saturated carbocycles. The summed E-state index contributed by atoms with van der Waals surface area (Å²) in [5.41, 5.74) is 0. The third kappa shape index (κ3) is 5.35. The van der Waals surface area contributed by atoms with Crippen LogP contribution in [0.5, 0.6) is 5.75 Å². The molecule has 0 amide bonds. The number of halogens is 3. The van der Waals surface area contributed by atoms with Crippen molar-refractivity contribution in [3.63, 3.8) is 0 Å². The van der Waals surface area contributed by atoms with E-state index in [1.54, 1.807) is 12.1 Å². The Morgan fingerprint density at radius 3 is 2.35 bits per heavy atom. The van der Waals surface area contributed by atoms with E-state index >= 15 is 0 Å². The van der Waals surface area contributed by atoms with Crippen LogP contribution in [0.4, 0.5) is 0 Å². The van der Waals surface area contributed by atoms with Crippen LogP contribution in [-0.4, -0.2) is 19.7 Å². The lowest BCUT2D eigenvalue weighted by atomic mass is 10.3. The molecule has 0 saturated heterocycles.